The van der Waals surface area contributed by atoms with E-state index in [0.29, 0.717) is 12.6 Å². The van der Waals surface area contributed by atoms with Gasteiger partial charge in [0.1, 0.15) is 6.10 Å². The van der Waals surface area contributed by atoms with Crippen LogP contribution in [0.4, 0.5) is 0 Å². The molecule has 2 nitrogen and oxygen atoms in total. The van der Waals surface area contributed by atoms with Crippen LogP contribution in [0.2, 0.25) is 0 Å². The average Bonchev–Trinajstić information content (AvgIpc) is 2.87. The lowest BCUT2D eigenvalue weighted by molar-refractivity contribution is 0.174. The van der Waals surface area contributed by atoms with E-state index >= 15 is 0 Å². The van der Waals surface area contributed by atoms with Gasteiger partial charge in [-0.25, -0.2) is 0 Å². The minimum atomic E-state index is -0.351. The van der Waals surface area contributed by atoms with Crippen LogP contribution in [0.1, 0.15) is 23.8 Å². The van der Waals surface area contributed by atoms with E-state index in [1.807, 2.05) is 17.5 Å². The summed E-state index contributed by atoms with van der Waals surface area (Å²) in [7, 11) is 0. The minimum Gasteiger partial charge on any atom is -0.386 e. The fourth-order valence-electron chi connectivity index (χ4n) is 1.64. The lowest BCUT2D eigenvalue weighted by atomic mass is 10.2. The number of hydrogen-bond donors (Lipinski definition) is 2. The van der Waals surface area contributed by atoms with Crippen LogP contribution in [-0.4, -0.2) is 17.7 Å². The SMILES string of the molecule is OC(CNC1CC=CC1)c1cccs1. The van der Waals surface area contributed by atoms with Crippen molar-refractivity contribution < 1.29 is 5.11 Å². The van der Waals surface area contributed by atoms with E-state index in [1.54, 1.807) is 11.3 Å². The Morgan fingerprint density at radius 3 is 2.93 bits per heavy atom. The molecule has 3 heteroatoms. The van der Waals surface area contributed by atoms with Crippen molar-refractivity contribution in [3.63, 3.8) is 0 Å². The van der Waals surface area contributed by atoms with Gasteiger partial charge in [-0.1, -0.05) is 18.2 Å². The summed E-state index contributed by atoms with van der Waals surface area (Å²) < 4.78 is 0. The molecule has 1 aliphatic carbocycles. The number of thiophene rings is 1. The van der Waals surface area contributed by atoms with Crippen molar-refractivity contribution >= 4 is 11.3 Å². The highest BCUT2D eigenvalue weighted by Crippen LogP contribution is 2.18. The van der Waals surface area contributed by atoms with E-state index < -0.39 is 0 Å². The van der Waals surface area contributed by atoms with E-state index in [1.165, 1.54) is 0 Å². The molecule has 1 atom stereocenters. The standard InChI is InChI=1S/C11H15NOS/c13-10(11-6-3-7-14-11)8-12-9-4-1-2-5-9/h1-3,6-7,9-10,12-13H,4-5,8H2. The van der Waals surface area contributed by atoms with Crippen LogP contribution in [0, 0.1) is 0 Å². The first-order chi connectivity index (χ1) is 6.86. The largest absolute Gasteiger partial charge is 0.386 e. The van der Waals surface area contributed by atoms with Crippen LogP contribution in [0.15, 0.2) is 29.7 Å². The Labute approximate surface area is 88.3 Å². The smallest absolute Gasteiger partial charge is 0.101 e. The van der Waals surface area contributed by atoms with Crippen LogP contribution in [-0.2, 0) is 0 Å². The van der Waals surface area contributed by atoms with E-state index in [9.17, 15) is 5.11 Å². The third-order valence-electron chi connectivity index (χ3n) is 2.48. The van der Waals surface area contributed by atoms with E-state index in [-0.39, 0.29) is 6.10 Å². The van der Waals surface area contributed by atoms with Gasteiger partial charge in [0, 0.05) is 17.5 Å². The molecule has 2 rings (SSSR count). The zero-order valence-corrected chi connectivity index (χ0v) is 8.83. The topological polar surface area (TPSA) is 32.3 Å². The molecule has 0 aromatic carbocycles. The Morgan fingerprint density at radius 2 is 2.29 bits per heavy atom. The van der Waals surface area contributed by atoms with Crippen LogP contribution >= 0.6 is 11.3 Å². The van der Waals surface area contributed by atoms with Gasteiger partial charge in [0.15, 0.2) is 0 Å². The van der Waals surface area contributed by atoms with Gasteiger partial charge in [-0.05, 0) is 24.3 Å². The molecular formula is C11H15NOS. The van der Waals surface area contributed by atoms with Gasteiger partial charge in [0.25, 0.3) is 0 Å². The van der Waals surface area contributed by atoms with Gasteiger partial charge in [0.2, 0.25) is 0 Å². The van der Waals surface area contributed by atoms with Crippen molar-refractivity contribution in [2.24, 2.45) is 0 Å². The van der Waals surface area contributed by atoms with Crippen LogP contribution in [0.3, 0.4) is 0 Å². The number of aliphatic hydroxyl groups is 1. The maximum atomic E-state index is 9.80. The first kappa shape index (κ1) is 9.90. The predicted molar refractivity (Wildman–Crippen MR) is 59.4 cm³/mol. The lowest BCUT2D eigenvalue weighted by Gasteiger charge is -2.14. The molecule has 2 N–H and O–H groups in total. The maximum absolute atomic E-state index is 9.80. The highest BCUT2D eigenvalue weighted by Gasteiger charge is 2.13. The summed E-state index contributed by atoms with van der Waals surface area (Å²) in [5.74, 6) is 0. The quantitative estimate of drug-likeness (QED) is 0.744. The Morgan fingerprint density at radius 1 is 1.50 bits per heavy atom. The second kappa shape index (κ2) is 4.73. The van der Waals surface area contributed by atoms with Crippen molar-refractivity contribution in [1.82, 2.24) is 5.32 Å². The van der Waals surface area contributed by atoms with Crippen LogP contribution in [0.5, 0.6) is 0 Å². The molecule has 0 bridgehead atoms. The summed E-state index contributed by atoms with van der Waals surface area (Å²) in [6.07, 6.45) is 6.22. The fourth-order valence-corrected chi connectivity index (χ4v) is 2.36. The number of aliphatic hydroxyl groups excluding tert-OH is 1. The van der Waals surface area contributed by atoms with Gasteiger partial charge in [-0.3, -0.25) is 0 Å². The van der Waals surface area contributed by atoms with Gasteiger partial charge < -0.3 is 10.4 Å². The average molecular weight is 209 g/mol. The highest BCUT2D eigenvalue weighted by atomic mass is 32.1. The molecule has 0 radical (unpaired) electrons. The molecule has 0 spiro atoms. The zero-order valence-electron chi connectivity index (χ0n) is 8.02. The Bertz CT molecular complexity index is 286. The molecule has 0 saturated heterocycles. The second-order valence-electron chi connectivity index (χ2n) is 3.58. The molecular weight excluding hydrogens is 194 g/mol. The molecule has 0 fully saturated rings. The first-order valence-electron chi connectivity index (χ1n) is 4.96. The van der Waals surface area contributed by atoms with E-state index in [0.717, 1.165) is 17.7 Å². The first-order valence-corrected chi connectivity index (χ1v) is 5.84. The van der Waals surface area contributed by atoms with Crippen molar-refractivity contribution in [3.05, 3.63) is 34.5 Å². The summed E-state index contributed by atoms with van der Waals surface area (Å²) in [6, 6.07) is 4.48. The van der Waals surface area contributed by atoms with Gasteiger partial charge >= 0.3 is 0 Å². The van der Waals surface area contributed by atoms with Gasteiger partial charge in [0.05, 0.1) is 0 Å². The Hall–Kier alpha value is -0.640. The molecule has 0 saturated carbocycles. The van der Waals surface area contributed by atoms with Crippen molar-refractivity contribution in [1.29, 1.82) is 0 Å². The summed E-state index contributed by atoms with van der Waals surface area (Å²) >= 11 is 1.61. The number of rotatable bonds is 4. The molecule has 1 aromatic rings. The maximum Gasteiger partial charge on any atom is 0.101 e. The highest BCUT2D eigenvalue weighted by molar-refractivity contribution is 7.10. The molecule has 1 aliphatic rings. The monoisotopic (exact) mass is 209 g/mol. The summed E-state index contributed by atoms with van der Waals surface area (Å²) in [5, 5.41) is 15.2. The Balaban J connectivity index is 1.75. The summed E-state index contributed by atoms with van der Waals surface area (Å²) in [5.41, 5.74) is 0. The van der Waals surface area contributed by atoms with Gasteiger partial charge in [-0.15, -0.1) is 11.3 Å². The molecule has 1 unspecified atom stereocenters. The molecule has 76 valence electrons. The molecule has 0 aliphatic heterocycles. The predicted octanol–water partition coefficient (Wildman–Crippen LogP) is 2.09. The van der Waals surface area contributed by atoms with Crippen molar-refractivity contribution in [2.45, 2.75) is 25.0 Å². The van der Waals surface area contributed by atoms with Crippen LogP contribution < -0.4 is 5.32 Å². The van der Waals surface area contributed by atoms with Crippen molar-refractivity contribution in [3.8, 4) is 0 Å². The third-order valence-corrected chi connectivity index (χ3v) is 3.45. The fraction of sp³-hybridized carbons (Fsp3) is 0.455. The third kappa shape index (κ3) is 2.44. The normalized spacial score (nSPS) is 18.9. The minimum absolute atomic E-state index is 0.351. The number of nitrogens with one attached hydrogen (secondary N) is 1. The molecule has 14 heavy (non-hydrogen) atoms. The summed E-state index contributed by atoms with van der Waals surface area (Å²) in [4.78, 5) is 1.04. The molecule has 1 aromatic heterocycles. The van der Waals surface area contributed by atoms with Crippen LogP contribution in [0.25, 0.3) is 0 Å². The molecule has 0 amide bonds. The Kier molecular flexibility index (Phi) is 3.35. The van der Waals surface area contributed by atoms with Crippen molar-refractivity contribution in [2.75, 3.05) is 6.54 Å². The van der Waals surface area contributed by atoms with E-state index in [4.69, 9.17) is 0 Å². The molecule has 1 heterocycles. The summed E-state index contributed by atoms with van der Waals surface area (Å²) in [6.45, 7) is 0.660. The second-order valence-corrected chi connectivity index (χ2v) is 4.56. The van der Waals surface area contributed by atoms with E-state index in [2.05, 4.69) is 17.5 Å². The zero-order chi connectivity index (χ0) is 9.80. The van der Waals surface area contributed by atoms with Gasteiger partial charge in [-0.2, -0.15) is 0 Å². The number of hydrogen-bond acceptors (Lipinski definition) is 3. The lowest BCUT2D eigenvalue weighted by Crippen LogP contribution is -2.30.